The van der Waals surface area contributed by atoms with Crippen molar-refractivity contribution in [1.29, 1.82) is 0 Å². The molecule has 0 bridgehead atoms. The molecule has 120 valence electrons. The van der Waals surface area contributed by atoms with Crippen LogP contribution in [0.15, 0.2) is 42.5 Å². The number of carbonyl (C=O) groups is 1. The molecular weight excluding hydrogens is 294 g/mol. The van der Waals surface area contributed by atoms with Gasteiger partial charge in [-0.1, -0.05) is 25.1 Å². The maximum Gasteiger partial charge on any atom is 0.258 e. The van der Waals surface area contributed by atoms with Crippen LogP contribution in [0.1, 0.15) is 18.1 Å². The van der Waals surface area contributed by atoms with E-state index >= 15 is 0 Å². The van der Waals surface area contributed by atoms with E-state index in [2.05, 4.69) is 12.2 Å². The zero-order chi connectivity index (χ0) is 16.1. The Morgan fingerprint density at radius 2 is 2.00 bits per heavy atom. The lowest BCUT2D eigenvalue weighted by atomic mass is 10.2. The molecule has 1 heterocycles. The second-order valence-electron chi connectivity index (χ2n) is 5.25. The van der Waals surface area contributed by atoms with E-state index in [1.807, 2.05) is 42.5 Å². The average Bonchev–Trinajstić information content (AvgIpc) is 3.06. The van der Waals surface area contributed by atoms with E-state index in [1.165, 1.54) is 5.56 Å². The summed E-state index contributed by atoms with van der Waals surface area (Å²) < 4.78 is 16.1. The molecule has 5 heteroatoms. The summed E-state index contributed by atoms with van der Waals surface area (Å²) in [6.07, 6.45) is 0.938. The van der Waals surface area contributed by atoms with Crippen LogP contribution in [0.25, 0.3) is 0 Å². The van der Waals surface area contributed by atoms with E-state index in [0.717, 1.165) is 17.7 Å². The first-order chi connectivity index (χ1) is 11.2. The summed E-state index contributed by atoms with van der Waals surface area (Å²) in [5, 5.41) is 2.83. The van der Waals surface area contributed by atoms with Crippen LogP contribution < -0.4 is 19.5 Å². The van der Waals surface area contributed by atoms with Crippen molar-refractivity contribution in [2.24, 2.45) is 0 Å². The van der Waals surface area contributed by atoms with Gasteiger partial charge in [0.15, 0.2) is 18.1 Å². The topological polar surface area (TPSA) is 56.8 Å². The SMILES string of the molecule is CCc1cccc(OCC(=O)NCc2ccc3c(c2)OCO3)c1. The van der Waals surface area contributed by atoms with Crippen LogP contribution in [0.2, 0.25) is 0 Å². The van der Waals surface area contributed by atoms with Crippen molar-refractivity contribution in [2.45, 2.75) is 19.9 Å². The first kappa shape index (κ1) is 15.2. The molecule has 0 fully saturated rings. The first-order valence-corrected chi connectivity index (χ1v) is 7.61. The summed E-state index contributed by atoms with van der Waals surface area (Å²) in [6, 6.07) is 13.4. The van der Waals surface area contributed by atoms with Gasteiger partial charge in [0.2, 0.25) is 6.79 Å². The largest absolute Gasteiger partial charge is 0.484 e. The number of carbonyl (C=O) groups excluding carboxylic acids is 1. The summed E-state index contributed by atoms with van der Waals surface area (Å²) in [5.41, 5.74) is 2.14. The smallest absolute Gasteiger partial charge is 0.258 e. The Labute approximate surface area is 135 Å². The molecule has 0 saturated heterocycles. The molecule has 2 aromatic carbocycles. The van der Waals surface area contributed by atoms with Crippen LogP contribution in [0.3, 0.4) is 0 Å². The quantitative estimate of drug-likeness (QED) is 0.891. The number of ether oxygens (including phenoxy) is 3. The fourth-order valence-electron chi connectivity index (χ4n) is 2.31. The molecule has 1 aliphatic rings. The predicted molar refractivity (Wildman–Crippen MR) is 85.7 cm³/mol. The maximum atomic E-state index is 11.9. The summed E-state index contributed by atoms with van der Waals surface area (Å²) in [5.74, 6) is 2.00. The summed E-state index contributed by atoms with van der Waals surface area (Å²) >= 11 is 0. The van der Waals surface area contributed by atoms with Gasteiger partial charge in [0, 0.05) is 6.54 Å². The maximum absolute atomic E-state index is 11.9. The lowest BCUT2D eigenvalue weighted by molar-refractivity contribution is -0.123. The monoisotopic (exact) mass is 313 g/mol. The number of amides is 1. The van der Waals surface area contributed by atoms with Gasteiger partial charge in [0.1, 0.15) is 5.75 Å². The van der Waals surface area contributed by atoms with Crippen LogP contribution in [0, 0.1) is 0 Å². The van der Waals surface area contributed by atoms with Crippen molar-refractivity contribution in [3.63, 3.8) is 0 Å². The molecule has 0 unspecified atom stereocenters. The Morgan fingerprint density at radius 1 is 1.13 bits per heavy atom. The highest BCUT2D eigenvalue weighted by Crippen LogP contribution is 2.32. The standard InChI is InChI=1S/C18H19NO4/c1-2-13-4-3-5-15(8-13)21-11-18(20)19-10-14-6-7-16-17(9-14)23-12-22-16/h3-9H,2,10-12H2,1H3,(H,19,20). The number of rotatable bonds is 6. The van der Waals surface area contributed by atoms with E-state index in [0.29, 0.717) is 18.0 Å². The molecule has 1 aliphatic heterocycles. The second-order valence-corrected chi connectivity index (χ2v) is 5.25. The minimum atomic E-state index is -0.162. The normalized spacial score (nSPS) is 12.0. The number of nitrogens with one attached hydrogen (secondary N) is 1. The first-order valence-electron chi connectivity index (χ1n) is 7.61. The lowest BCUT2D eigenvalue weighted by Gasteiger charge is -2.09. The zero-order valence-corrected chi connectivity index (χ0v) is 13.0. The van der Waals surface area contributed by atoms with Gasteiger partial charge in [0.25, 0.3) is 5.91 Å². The van der Waals surface area contributed by atoms with E-state index in [-0.39, 0.29) is 19.3 Å². The van der Waals surface area contributed by atoms with Crippen molar-refractivity contribution in [2.75, 3.05) is 13.4 Å². The summed E-state index contributed by atoms with van der Waals surface area (Å²) in [7, 11) is 0. The van der Waals surface area contributed by atoms with E-state index in [9.17, 15) is 4.79 Å². The molecule has 0 aliphatic carbocycles. The molecule has 0 atom stereocenters. The highest BCUT2D eigenvalue weighted by atomic mass is 16.7. The Balaban J connectivity index is 1.48. The third-order valence-corrected chi connectivity index (χ3v) is 3.60. The predicted octanol–water partition coefficient (Wildman–Crippen LogP) is 2.67. The van der Waals surface area contributed by atoms with E-state index in [4.69, 9.17) is 14.2 Å². The van der Waals surface area contributed by atoms with Gasteiger partial charge < -0.3 is 19.5 Å². The number of aryl methyl sites for hydroxylation is 1. The van der Waals surface area contributed by atoms with Crippen molar-refractivity contribution < 1.29 is 19.0 Å². The van der Waals surface area contributed by atoms with Crippen LogP contribution in [-0.2, 0) is 17.8 Å². The number of hydrogen-bond donors (Lipinski definition) is 1. The van der Waals surface area contributed by atoms with Gasteiger partial charge in [-0.25, -0.2) is 0 Å². The van der Waals surface area contributed by atoms with Crippen LogP contribution in [0.5, 0.6) is 17.2 Å². The zero-order valence-electron chi connectivity index (χ0n) is 13.0. The van der Waals surface area contributed by atoms with Crippen molar-refractivity contribution in [1.82, 2.24) is 5.32 Å². The minimum absolute atomic E-state index is 0.00226. The molecule has 0 saturated carbocycles. The molecule has 23 heavy (non-hydrogen) atoms. The van der Waals surface area contributed by atoms with Crippen LogP contribution >= 0.6 is 0 Å². The average molecular weight is 313 g/mol. The van der Waals surface area contributed by atoms with Crippen LogP contribution in [-0.4, -0.2) is 19.3 Å². The molecule has 1 amide bonds. The Morgan fingerprint density at radius 3 is 2.87 bits per heavy atom. The molecule has 1 N–H and O–H groups in total. The Bertz CT molecular complexity index is 699. The third-order valence-electron chi connectivity index (χ3n) is 3.60. The number of hydrogen-bond acceptors (Lipinski definition) is 4. The van der Waals surface area contributed by atoms with Gasteiger partial charge in [-0.05, 0) is 41.8 Å². The lowest BCUT2D eigenvalue weighted by Crippen LogP contribution is -2.28. The summed E-state index contributed by atoms with van der Waals surface area (Å²) in [6.45, 7) is 2.75. The van der Waals surface area contributed by atoms with Gasteiger partial charge in [-0.15, -0.1) is 0 Å². The Kier molecular flexibility index (Phi) is 4.66. The molecular formula is C18H19NO4. The van der Waals surface area contributed by atoms with Gasteiger partial charge in [-0.3, -0.25) is 4.79 Å². The highest BCUT2D eigenvalue weighted by Gasteiger charge is 2.13. The highest BCUT2D eigenvalue weighted by molar-refractivity contribution is 5.77. The number of benzene rings is 2. The fraction of sp³-hybridized carbons (Fsp3) is 0.278. The summed E-state index contributed by atoms with van der Waals surface area (Å²) in [4.78, 5) is 11.9. The molecule has 0 radical (unpaired) electrons. The molecule has 0 aromatic heterocycles. The molecule has 2 aromatic rings. The fourth-order valence-corrected chi connectivity index (χ4v) is 2.31. The number of fused-ring (bicyclic) bond motifs is 1. The van der Waals surface area contributed by atoms with Crippen molar-refractivity contribution in [3.05, 3.63) is 53.6 Å². The van der Waals surface area contributed by atoms with E-state index in [1.54, 1.807) is 0 Å². The third kappa shape index (κ3) is 3.94. The van der Waals surface area contributed by atoms with Crippen molar-refractivity contribution >= 4 is 5.91 Å². The van der Waals surface area contributed by atoms with E-state index < -0.39 is 0 Å². The van der Waals surface area contributed by atoms with Gasteiger partial charge >= 0.3 is 0 Å². The van der Waals surface area contributed by atoms with Crippen molar-refractivity contribution in [3.8, 4) is 17.2 Å². The molecule has 5 nitrogen and oxygen atoms in total. The van der Waals surface area contributed by atoms with Gasteiger partial charge in [0.05, 0.1) is 0 Å². The van der Waals surface area contributed by atoms with Crippen LogP contribution in [0.4, 0.5) is 0 Å². The Hall–Kier alpha value is -2.69. The minimum Gasteiger partial charge on any atom is -0.484 e. The van der Waals surface area contributed by atoms with Gasteiger partial charge in [-0.2, -0.15) is 0 Å². The second kappa shape index (κ2) is 7.05. The molecule has 0 spiro atoms. The molecule has 3 rings (SSSR count).